The van der Waals surface area contributed by atoms with E-state index in [0.29, 0.717) is 6.54 Å². The lowest BCUT2D eigenvalue weighted by atomic mass is 10.2. The third-order valence-electron chi connectivity index (χ3n) is 3.23. The number of amides is 1. The van der Waals surface area contributed by atoms with Gasteiger partial charge in [-0.3, -0.25) is 0 Å². The number of rotatable bonds is 7. The van der Waals surface area contributed by atoms with Crippen molar-refractivity contribution in [3.63, 3.8) is 0 Å². The molecule has 0 spiro atoms. The lowest BCUT2D eigenvalue weighted by molar-refractivity contribution is 0.140. The van der Waals surface area contributed by atoms with Crippen molar-refractivity contribution < 1.29 is 14.3 Å². The number of benzene rings is 2. The van der Waals surface area contributed by atoms with E-state index in [-0.39, 0.29) is 6.61 Å². The van der Waals surface area contributed by atoms with Gasteiger partial charge in [0.1, 0.15) is 12.4 Å². The standard InChI is InChI=1S/C19H21NO3/c1-22-18-13-6-5-11-17(18)12-7-8-14-20-19(21)23-15-16-9-3-2-4-10-16/h2-7,9-13H,8,14-15H2,1H3,(H,20,21). The smallest absolute Gasteiger partial charge is 0.407 e. The van der Waals surface area contributed by atoms with E-state index in [4.69, 9.17) is 9.47 Å². The monoisotopic (exact) mass is 311 g/mol. The first-order chi connectivity index (χ1) is 11.3. The maximum atomic E-state index is 11.6. The van der Waals surface area contributed by atoms with Crippen LogP contribution in [0.1, 0.15) is 17.5 Å². The molecule has 0 bridgehead atoms. The summed E-state index contributed by atoms with van der Waals surface area (Å²) in [7, 11) is 1.65. The van der Waals surface area contributed by atoms with Crippen LogP contribution in [-0.4, -0.2) is 19.7 Å². The Bertz CT molecular complexity index is 638. The zero-order valence-corrected chi connectivity index (χ0v) is 13.2. The highest BCUT2D eigenvalue weighted by Gasteiger charge is 2.01. The molecule has 0 saturated carbocycles. The molecular weight excluding hydrogens is 290 g/mol. The number of carbonyl (C=O) groups is 1. The van der Waals surface area contributed by atoms with Crippen molar-refractivity contribution in [2.45, 2.75) is 13.0 Å². The van der Waals surface area contributed by atoms with Crippen LogP contribution in [0.5, 0.6) is 5.75 Å². The Morgan fingerprint density at radius 3 is 2.61 bits per heavy atom. The van der Waals surface area contributed by atoms with Crippen molar-refractivity contribution >= 4 is 12.2 Å². The molecule has 2 aromatic carbocycles. The second kappa shape index (κ2) is 9.30. The summed E-state index contributed by atoms with van der Waals surface area (Å²) >= 11 is 0. The van der Waals surface area contributed by atoms with E-state index < -0.39 is 6.09 Å². The molecule has 2 aromatic rings. The molecule has 0 aliphatic heterocycles. The van der Waals surface area contributed by atoms with Crippen LogP contribution >= 0.6 is 0 Å². The van der Waals surface area contributed by atoms with Crippen molar-refractivity contribution in [2.75, 3.05) is 13.7 Å². The Kier molecular flexibility index (Phi) is 6.72. The van der Waals surface area contributed by atoms with Gasteiger partial charge >= 0.3 is 6.09 Å². The van der Waals surface area contributed by atoms with Crippen LogP contribution < -0.4 is 10.1 Å². The minimum absolute atomic E-state index is 0.281. The van der Waals surface area contributed by atoms with Gasteiger partial charge in [0.25, 0.3) is 0 Å². The summed E-state index contributed by atoms with van der Waals surface area (Å²) in [6.07, 6.45) is 4.29. The molecule has 0 aliphatic carbocycles. The molecule has 0 unspecified atom stereocenters. The fourth-order valence-electron chi connectivity index (χ4n) is 2.05. The summed E-state index contributed by atoms with van der Waals surface area (Å²) in [6.45, 7) is 0.809. The van der Waals surface area contributed by atoms with Gasteiger partial charge in [-0.05, 0) is 18.1 Å². The van der Waals surface area contributed by atoms with Gasteiger partial charge in [-0.1, -0.05) is 60.7 Å². The fraction of sp³-hybridized carbons (Fsp3) is 0.211. The molecule has 2 rings (SSSR count). The molecule has 0 heterocycles. The zero-order chi connectivity index (χ0) is 16.3. The SMILES string of the molecule is COc1ccccc1C=CCCNC(=O)OCc1ccccc1. The van der Waals surface area contributed by atoms with E-state index in [0.717, 1.165) is 23.3 Å². The van der Waals surface area contributed by atoms with Crippen molar-refractivity contribution in [2.24, 2.45) is 0 Å². The predicted octanol–water partition coefficient (Wildman–Crippen LogP) is 4.02. The maximum absolute atomic E-state index is 11.6. The summed E-state index contributed by atoms with van der Waals surface area (Å²) in [5.74, 6) is 0.832. The number of nitrogens with one attached hydrogen (secondary N) is 1. The van der Waals surface area contributed by atoms with E-state index in [1.54, 1.807) is 7.11 Å². The van der Waals surface area contributed by atoms with Crippen molar-refractivity contribution in [3.8, 4) is 5.75 Å². The van der Waals surface area contributed by atoms with Gasteiger partial charge in [-0.15, -0.1) is 0 Å². The summed E-state index contributed by atoms with van der Waals surface area (Å²) < 4.78 is 10.4. The Balaban J connectivity index is 1.66. The highest BCUT2D eigenvalue weighted by molar-refractivity contribution is 5.67. The second-order valence-corrected chi connectivity index (χ2v) is 4.92. The largest absolute Gasteiger partial charge is 0.496 e. The van der Waals surface area contributed by atoms with Crippen molar-refractivity contribution in [3.05, 3.63) is 71.8 Å². The summed E-state index contributed by atoms with van der Waals surface area (Å²) in [4.78, 5) is 11.6. The van der Waals surface area contributed by atoms with Crippen molar-refractivity contribution in [1.29, 1.82) is 0 Å². The second-order valence-electron chi connectivity index (χ2n) is 4.92. The molecule has 0 fully saturated rings. The first kappa shape index (κ1) is 16.6. The average molecular weight is 311 g/mol. The first-order valence-corrected chi connectivity index (χ1v) is 7.53. The molecule has 1 amide bonds. The van der Waals surface area contributed by atoms with Gasteiger partial charge in [-0.2, -0.15) is 0 Å². The van der Waals surface area contributed by atoms with Gasteiger partial charge in [0.2, 0.25) is 0 Å². The Morgan fingerprint density at radius 2 is 1.83 bits per heavy atom. The third-order valence-corrected chi connectivity index (χ3v) is 3.23. The molecule has 4 nitrogen and oxygen atoms in total. The number of hydrogen-bond acceptors (Lipinski definition) is 3. The van der Waals surface area contributed by atoms with Crippen LogP contribution in [0.2, 0.25) is 0 Å². The number of carbonyl (C=O) groups excluding carboxylic acids is 1. The van der Waals surface area contributed by atoms with E-state index >= 15 is 0 Å². The van der Waals surface area contributed by atoms with Gasteiger partial charge in [0, 0.05) is 12.1 Å². The summed E-state index contributed by atoms with van der Waals surface area (Å²) in [5.41, 5.74) is 1.99. The Labute approximate surface area is 136 Å². The molecule has 0 saturated heterocycles. The van der Waals surface area contributed by atoms with E-state index in [2.05, 4.69) is 5.32 Å². The summed E-state index contributed by atoms with van der Waals surface area (Å²) in [6, 6.07) is 17.4. The molecular formula is C19H21NO3. The van der Waals surface area contributed by atoms with Gasteiger partial charge in [0.15, 0.2) is 0 Å². The van der Waals surface area contributed by atoms with Crippen LogP contribution in [0.15, 0.2) is 60.7 Å². The van der Waals surface area contributed by atoms with Crippen LogP contribution in [0, 0.1) is 0 Å². The fourth-order valence-corrected chi connectivity index (χ4v) is 2.05. The molecule has 0 atom stereocenters. The number of methoxy groups -OCH3 is 1. The third kappa shape index (κ3) is 5.87. The lowest BCUT2D eigenvalue weighted by Gasteiger charge is -2.06. The van der Waals surface area contributed by atoms with Gasteiger partial charge in [-0.25, -0.2) is 4.79 Å². The highest BCUT2D eigenvalue weighted by Crippen LogP contribution is 2.18. The average Bonchev–Trinajstić information content (AvgIpc) is 2.61. The Morgan fingerprint density at radius 1 is 1.09 bits per heavy atom. The molecule has 120 valence electrons. The lowest BCUT2D eigenvalue weighted by Crippen LogP contribution is -2.24. The zero-order valence-electron chi connectivity index (χ0n) is 13.2. The quantitative estimate of drug-likeness (QED) is 0.786. The molecule has 0 aromatic heterocycles. The Hall–Kier alpha value is -2.75. The van der Waals surface area contributed by atoms with Gasteiger partial charge < -0.3 is 14.8 Å². The van der Waals surface area contributed by atoms with Crippen LogP contribution in [0.4, 0.5) is 4.79 Å². The highest BCUT2D eigenvalue weighted by atomic mass is 16.5. The molecule has 0 aliphatic rings. The van der Waals surface area contributed by atoms with E-state index in [1.807, 2.05) is 66.7 Å². The first-order valence-electron chi connectivity index (χ1n) is 7.53. The van der Waals surface area contributed by atoms with Crippen LogP contribution in [0.3, 0.4) is 0 Å². The number of hydrogen-bond donors (Lipinski definition) is 1. The van der Waals surface area contributed by atoms with E-state index in [1.165, 1.54) is 0 Å². The normalized spacial score (nSPS) is 10.5. The molecule has 23 heavy (non-hydrogen) atoms. The van der Waals surface area contributed by atoms with Gasteiger partial charge in [0.05, 0.1) is 7.11 Å². The molecule has 1 N–H and O–H groups in total. The number of para-hydroxylation sites is 1. The minimum atomic E-state index is -0.403. The van der Waals surface area contributed by atoms with E-state index in [9.17, 15) is 4.79 Å². The molecule has 0 radical (unpaired) electrons. The van der Waals surface area contributed by atoms with Crippen LogP contribution in [0.25, 0.3) is 6.08 Å². The predicted molar refractivity (Wildman–Crippen MR) is 91.3 cm³/mol. The van der Waals surface area contributed by atoms with Crippen LogP contribution in [-0.2, 0) is 11.3 Å². The summed E-state index contributed by atoms with van der Waals surface area (Å²) in [5, 5.41) is 2.72. The van der Waals surface area contributed by atoms with Crippen molar-refractivity contribution in [1.82, 2.24) is 5.32 Å². The maximum Gasteiger partial charge on any atom is 0.407 e. The number of ether oxygens (including phenoxy) is 2. The molecule has 4 heteroatoms. The minimum Gasteiger partial charge on any atom is -0.496 e. The number of alkyl carbamates (subject to hydrolysis) is 1. The topological polar surface area (TPSA) is 47.6 Å².